The molecule has 1 aliphatic heterocycles. The van der Waals surface area contributed by atoms with Crippen LogP contribution in [0.1, 0.15) is 22.3 Å². The largest absolute Gasteiger partial charge is 0.497 e. The van der Waals surface area contributed by atoms with Gasteiger partial charge in [0.2, 0.25) is 0 Å². The maximum atomic E-state index is 13.5. The zero-order chi connectivity index (χ0) is 22.1. The van der Waals surface area contributed by atoms with E-state index in [9.17, 15) is 9.59 Å². The predicted molar refractivity (Wildman–Crippen MR) is 123 cm³/mol. The van der Waals surface area contributed by atoms with Crippen LogP contribution in [0.5, 0.6) is 5.75 Å². The van der Waals surface area contributed by atoms with Crippen molar-refractivity contribution in [2.24, 2.45) is 0 Å². The van der Waals surface area contributed by atoms with Crippen LogP contribution in [-0.4, -0.2) is 18.9 Å². The first-order valence-electron chi connectivity index (χ1n) is 10.1. The Morgan fingerprint density at radius 3 is 2.06 bits per heavy atom. The van der Waals surface area contributed by atoms with Crippen LogP contribution in [-0.2, 0) is 9.59 Å². The van der Waals surface area contributed by atoms with E-state index in [0.29, 0.717) is 22.6 Å². The number of anilines is 2. The summed E-state index contributed by atoms with van der Waals surface area (Å²) in [6.07, 6.45) is 0. The Bertz CT molecular complexity index is 1190. The third-order valence-corrected chi connectivity index (χ3v) is 5.53. The van der Waals surface area contributed by atoms with Crippen molar-refractivity contribution in [2.75, 3.05) is 17.3 Å². The van der Waals surface area contributed by atoms with Gasteiger partial charge in [-0.05, 0) is 73.9 Å². The maximum absolute atomic E-state index is 13.5. The smallest absolute Gasteiger partial charge is 0.282 e. The molecule has 1 aliphatic rings. The SMILES string of the molecule is COc1ccc(C2=C(Nc3ccc(C)cc3)C(=O)N(c3ccc(C)c(C)c3)C2=O)cc1. The van der Waals surface area contributed by atoms with Crippen molar-refractivity contribution in [3.8, 4) is 5.75 Å². The molecule has 0 unspecified atom stereocenters. The number of hydrogen-bond donors (Lipinski definition) is 1. The lowest BCUT2D eigenvalue weighted by Crippen LogP contribution is -2.32. The highest BCUT2D eigenvalue weighted by atomic mass is 16.5. The van der Waals surface area contributed by atoms with Gasteiger partial charge in [-0.2, -0.15) is 0 Å². The normalized spacial score (nSPS) is 13.7. The molecule has 0 spiro atoms. The lowest BCUT2D eigenvalue weighted by Gasteiger charge is -2.17. The van der Waals surface area contributed by atoms with Crippen LogP contribution in [0, 0.1) is 20.8 Å². The van der Waals surface area contributed by atoms with E-state index in [0.717, 1.165) is 22.4 Å². The van der Waals surface area contributed by atoms with Crippen molar-refractivity contribution in [3.63, 3.8) is 0 Å². The van der Waals surface area contributed by atoms with Gasteiger partial charge in [-0.1, -0.05) is 35.9 Å². The zero-order valence-corrected chi connectivity index (χ0v) is 18.0. The molecule has 3 aromatic carbocycles. The number of nitrogens with zero attached hydrogens (tertiary/aromatic N) is 1. The van der Waals surface area contributed by atoms with E-state index in [4.69, 9.17) is 4.74 Å². The molecule has 0 aliphatic carbocycles. The van der Waals surface area contributed by atoms with Crippen LogP contribution >= 0.6 is 0 Å². The summed E-state index contributed by atoms with van der Waals surface area (Å²) in [7, 11) is 1.59. The van der Waals surface area contributed by atoms with Crippen molar-refractivity contribution >= 4 is 28.8 Å². The summed E-state index contributed by atoms with van der Waals surface area (Å²) >= 11 is 0. The molecular weight excluding hydrogens is 388 g/mol. The number of amides is 2. The Labute approximate surface area is 182 Å². The molecule has 1 N–H and O–H groups in total. The Balaban J connectivity index is 1.81. The second-order valence-corrected chi connectivity index (χ2v) is 7.68. The van der Waals surface area contributed by atoms with E-state index >= 15 is 0 Å². The van der Waals surface area contributed by atoms with Crippen LogP contribution in [0.3, 0.4) is 0 Å². The van der Waals surface area contributed by atoms with Gasteiger partial charge >= 0.3 is 0 Å². The highest BCUT2D eigenvalue weighted by Crippen LogP contribution is 2.35. The van der Waals surface area contributed by atoms with Gasteiger partial charge in [0.05, 0.1) is 18.4 Å². The zero-order valence-electron chi connectivity index (χ0n) is 18.0. The van der Waals surface area contributed by atoms with Crippen LogP contribution < -0.4 is 15.0 Å². The molecule has 3 aromatic rings. The summed E-state index contributed by atoms with van der Waals surface area (Å²) < 4.78 is 5.23. The van der Waals surface area contributed by atoms with Gasteiger partial charge in [0.15, 0.2) is 0 Å². The summed E-state index contributed by atoms with van der Waals surface area (Å²) in [5.41, 5.74) is 5.79. The highest BCUT2D eigenvalue weighted by molar-refractivity contribution is 6.46. The Morgan fingerprint density at radius 2 is 1.45 bits per heavy atom. The molecule has 0 fully saturated rings. The first-order valence-corrected chi connectivity index (χ1v) is 10.1. The van der Waals surface area contributed by atoms with E-state index < -0.39 is 0 Å². The molecule has 2 amide bonds. The number of benzene rings is 3. The van der Waals surface area contributed by atoms with Gasteiger partial charge in [0.1, 0.15) is 11.4 Å². The van der Waals surface area contributed by atoms with Crippen molar-refractivity contribution < 1.29 is 14.3 Å². The molecule has 0 aromatic heterocycles. The average molecular weight is 412 g/mol. The maximum Gasteiger partial charge on any atom is 0.282 e. The number of aryl methyl sites for hydroxylation is 3. The molecule has 5 nitrogen and oxygen atoms in total. The Morgan fingerprint density at radius 1 is 0.774 bits per heavy atom. The minimum Gasteiger partial charge on any atom is -0.497 e. The van der Waals surface area contributed by atoms with Crippen LogP contribution in [0.2, 0.25) is 0 Å². The first kappa shape index (κ1) is 20.4. The van der Waals surface area contributed by atoms with Crippen LogP contribution in [0.15, 0.2) is 72.4 Å². The Kier molecular flexibility index (Phi) is 5.34. The lowest BCUT2D eigenvalue weighted by atomic mass is 10.0. The summed E-state index contributed by atoms with van der Waals surface area (Å²) in [6.45, 7) is 5.96. The average Bonchev–Trinajstić information content (AvgIpc) is 3.01. The number of carbonyl (C=O) groups is 2. The number of ether oxygens (including phenoxy) is 1. The molecule has 1 heterocycles. The van der Waals surface area contributed by atoms with Gasteiger partial charge in [-0.15, -0.1) is 0 Å². The standard InChI is InChI=1S/C26H24N2O3/c1-16-5-10-20(11-6-16)27-24-23(19-8-13-22(31-4)14-9-19)25(29)28(26(24)30)21-12-7-17(2)18(3)15-21/h5-15,27H,1-4H3. The molecule has 5 heteroatoms. The van der Waals surface area contributed by atoms with E-state index in [1.54, 1.807) is 37.4 Å². The van der Waals surface area contributed by atoms with E-state index in [1.807, 2.05) is 57.2 Å². The molecule has 4 rings (SSSR count). The molecule has 0 atom stereocenters. The fraction of sp³-hybridized carbons (Fsp3) is 0.154. The summed E-state index contributed by atoms with van der Waals surface area (Å²) in [6, 6.07) is 20.4. The molecular formula is C26H24N2O3. The third kappa shape index (κ3) is 3.82. The molecule has 0 bridgehead atoms. The number of methoxy groups -OCH3 is 1. The fourth-order valence-corrected chi connectivity index (χ4v) is 3.55. The van der Waals surface area contributed by atoms with Crippen molar-refractivity contribution in [1.29, 1.82) is 0 Å². The number of carbonyl (C=O) groups excluding carboxylic acids is 2. The number of imide groups is 1. The second-order valence-electron chi connectivity index (χ2n) is 7.68. The first-order chi connectivity index (χ1) is 14.9. The van der Waals surface area contributed by atoms with Crippen molar-refractivity contribution in [2.45, 2.75) is 20.8 Å². The number of nitrogens with one attached hydrogen (secondary N) is 1. The van der Waals surface area contributed by atoms with E-state index in [2.05, 4.69) is 5.32 Å². The lowest BCUT2D eigenvalue weighted by molar-refractivity contribution is -0.120. The molecule has 0 radical (unpaired) electrons. The van der Waals surface area contributed by atoms with Gasteiger partial charge in [0, 0.05) is 5.69 Å². The van der Waals surface area contributed by atoms with Gasteiger partial charge in [0.25, 0.3) is 11.8 Å². The predicted octanol–water partition coefficient (Wildman–Crippen LogP) is 5.02. The topological polar surface area (TPSA) is 58.6 Å². The third-order valence-electron chi connectivity index (χ3n) is 5.53. The van der Waals surface area contributed by atoms with E-state index in [1.165, 1.54) is 4.90 Å². The van der Waals surface area contributed by atoms with E-state index in [-0.39, 0.29) is 17.5 Å². The molecule has 31 heavy (non-hydrogen) atoms. The quantitative estimate of drug-likeness (QED) is 0.598. The minimum absolute atomic E-state index is 0.261. The van der Waals surface area contributed by atoms with Gasteiger partial charge in [-0.3, -0.25) is 9.59 Å². The molecule has 0 saturated carbocycles. The molecule has 0 saturated heterocycles. The Hall–Kier alpha value is -3.86. The monoisotopic (exact) mass is 412 g/mol. The van der Waals surface area contributed by atoms with Crippen molar-refractivity contribution in [3.05, 3.63) is 94.7 Å². The highest BCUT2D eigenvalue weighted by Gasteiger charge is 2.40. The molecule has 156 valence electrons. The van der Waals surface area contributed by atoms with Gasteiger partial charge < -0.3 is 10.1 Å². The summed E-state index contributed by atoms with van der Waals surface area (Å²) in [5, 5.41) is 3.19. The summed E-state index contributed by atoms with van der Waals surface area (Å²) in [4.78, 5) is 28.2. The van der Waals surface area contributed by atoms with Crippen molar-refractivity contribution in [1.82, 2.24) is 0 Å². The number of hydrogen-bond acceptors (Lipinski definition) is 4. The number of rotatable bonds is 5. The van der Waals surface area contributed by atoms with Crippen LogP contribution in [0.25, 0.3) is 5.57 Å². The van der Waals surface area contributed by atoms with Crippen LogP contribution in [0.4, 0.5) is 11.4 Å². The summed E-state index contributed by atoms with van der Waals surface area (Å²) in [5.74, 6) is -0.0483. The van der Waals surface area contributed by atoms with Gasteiger partial charge in [-0.25, -0.2) is 4.90 Å². The second kappa shape index (κ2) is 8.11. The minimum atomic E-state index is -0.375. The fourth-order valence-electron chi connectivity index (χ4n) is 3.55.